The fourth-order valence-corrected chi connectivity index (χ4v) is 1.51. The van der Waals surface area contributed by atoms with E-state index in [0.29, 0.717) is 5.69 Å². The summed E-state index contributed by atoms with van der Waals surface area (Å²) in [6.45, 7) is 0. The average molecular weight is 245 g/mol. The van der Waals surface area contributed by atoms with Crippen LogP contribution in [0.15, 0.2) is 58.8 Å². The van der Waals surface area contributed by atoms with Crippen molar-refractivity contribution in [1.29, 1.82) is 0 Å². The molecule has 0 radical (unpaired) electrons. The smallest absolute Gasteiger partial charge is 0.352 e. The van der Waals surface area contributed by atoms with Gasteiger partial charge < -0.3 is 5.11 Å². The van der Waals surface area contributed by atoms with E-state index in [2.05, 4.69) is 10.2 Å². The van der Waals surface area contributed by atoms with E-state index in [1.165, 1.54) is 30.3 Å². The summed E-state index contributed by atoms with van der Waals surface area (Å²) in [5.74, 6) is 0.110. The second-order valence-corrected chi connectivity index (χ2v) is 3.84. The number of hydrogen-bond acceptors (Lipinski definition) is 5. The highest BCUT2D eigenvalue weighted by Crippen LogP contribution is 2.26. The Hall–Kier alpha value is -2.50. The van der Waals surface area contributed by atoms with Crippen molar-refractivity contribution in [2.45, 2.75) is 12.1 Å². The summed E-state index contributed by atoms with van der Waals surface area (Å²) in [5, 5.41) is 27.9. The first-order chi connectivity index (χ1) is 8.62. The highest BCUT2D eigenvalue weighted by atomic mass is 16.6. The van der Waals surface area contributed by atoms with Crippen LogP contribution in [0.2, 0.25) is 0 Å². The molecule has 0 saturated carbocycles. The maximum Gasteiger partial charge on any atom is 0.352 e. The normalized spacial score (nSPS) is 22.4. The Morgan fingerprint density at radius 3 is 2.56 bits per heavy atom. The molecule has 6 nitrogen and oxygen atoms in total. The first kappa shape index (κ1) is 12.0. The molecule has 1 aromatic rings. The molecule has 1 unspecified atom stereocenters. The van der Waals surface area contributed by atoms with E-state index >= 15 is 0 Å². The van der Waals surface area contributed by atoms with Gasteiger partial charge in [0, 0.05) is 6.08 Å². The van der Waals surface area contributed by atoms with Gasteiger partial charge in [0.1, 0.15) is 5.75 Å². The highest BCUT2D eigenvalue weighted by Gasteiger charge is 2.40. The van der Waals surface area contributed by atoms with Crippen LogP contribution in [0.3, 0.4) is 0 Å². The predicted molar refractivity (Wildman–Crippen MR) is 65.2 cm³/mol. The van der Waals surface area contributed by atoms with Gasteiger partial charge in [-0.25, -0.2) is 0 Å². The predicted octanol–water partition coefficient (Wildman–Crippen LogP) is 2.97. The summed E-state index contributed by atoms with van der Waals surface area (Å²) in [4.78, 5) is 10.6. The minimum atomic E-state index is -1.52. The van der Waals surface area contributed by atoms with Gasteiger partial charge in [0.2, 0.25) is 0 Å². The lowest BCUT2D eigenvalue weighted by molar-refractivity contribution is -0.553. The first-order valence-electron chi connectivity index (χ1n) is 5.33. The molecule has 0 aromatic heterocycles. The van der Waals surface area contributed by atoms with Crippen LogP contribution in [0.1, 0.15) is 6.42 Å². The van der Waals surface area contributed by atoms with Crippen molar-refractivity contribution >= 4 is 5.69 Å². The molecule has 0 amide bonds. The third-order valence-electron chi connectivity index (χ3n) is 2.53. The number of azo groups is 1. The third kappa shape index (κ3) is 2.42. The minimum Gasteiger partial charge on any atom is -0.508 e. The lowest BCUT2D eigenvalue weighted by atomic mass is 10.0. The van der Waals surface area contributed by atoms with Gasteiger partial charge in [0.05, 0.1) is 17.0 Å². The molecule has 6 heteroatoms. The van der Waals surface area contributed by atoms with Gasteiger partial charge in [0.25, 0.3) is 0 Å². The maximum atomic E-state index is 11.1. The fraction of sp³-hybridized carbons (Fsp3) is 0.167. The van der Waals surface area contributed by atoms with Crippen molar-refractivity contribution in [3.8, 4) is 5.75 Å². The third-order valence-corrected chi connectivity index (χ3v) is 2.53. The molecule has 92 valence electrons. The second-order valence-electron chi connectivity index (χ2n) is 3.84. The Balaban J connectivity index is 2.24. The molecule has 1 N–H and O–H groups in total. The van der Waals surface area contributed by atoms with Crippen LogP contribution in [0, 0.1) is 10.1 Å². The van der Waals surface area contributed by atoms with Crippen LogP contribution in [-0.4, -0.2) is 15.7 Å². The van der Waals surface area contributed by atoms with E-state index in [1.807, 2.05) is 0 Å². The lowest BCUT2D eigenvalue weighted by Gasteiger charge is -2.15. The van der Waals surface area contributed by atoms with Gasteiger partial charge in [-0.05, 0) is 24.3 Å². The fourth-order valence-electron chi connectivity index (χ4n) is 1.51. The Morgan fingerprint density at radius 2 is 2.00 bits per heavy atom. The Labute approximate surface area is 103 Å². The number of nitro groups is 1. The summed E-state index contributed by atoms with van der Waals surface area (Å²) in [5.41, 5.74) is -1.07. The van der Waals surface area contributed by atoms with E-state index in [1.54, 1.807) is 18.2 Å². The van der Waals surface area contributed by atoms with Crippen molar-refractivity contribution in [2.24, 2.45) is 10.2 Å². The SMILES string of the molecule is O=[N+]([O-])C1(N=Nc2ccc(O)cc2)C=CC=CC1. The number of allylic oxidation sites excluding steroid dienone is 2. The van der Waals surface area contributed by atoms with Crippen LogP contribution < -0.4 is 0 Å². The molecule has 0 spiro atoms. The molecule has 18 heavy (non-hydrogen) atoms. The zero-order valence-electron chi connectivity index (χ0n) is 9.43. The van der Waals surface area contributed by atoms with Crippen LogP contribution in [0.5, 0.6) is 5.75 Å². The largest absolute Gasteiger partial charge is 0.508 e. The summed E-state index contributed by atoms with van der Waals surface area (Å²) in [6.07, 6.45) is 6.59. The van der Waals surface area contributed by atoms with E-state index in [4.69, 9.17) is 5.11 Å². The van der Waals surface area contributed by atoms with Gasteiger partial charge in [-0.2, -0.15) is 0 Å². The summed E-state index contributed by atoms with van der Waals surface area (Å²) in [6, 6.07) is 5.97. The van der Waals surface area contributed by atoms with E-state index < -0.39 is 10.6 Å². The topological polar surface area (TPSA) is 88.1 Å². The van der Waals surface area contributed by atoms with Gasteiger partial charge in [-0.3, -0.25) is 10.1 Å². The number of nitrogens with zero attached hydrogens (tertiary/aromatic N) is 3. The average Bonchev–Trinajstić information content (AvgIpc) is 2.39. The van der Waals surface area contributed by atoms with Crippen LogP contribution in [0.4, 0.5) is 5.69 Å². The van der Waals surface area contributed by atoms with Crippen LogP contribution in [-0.2, 0) is 0 Å². The molecular formula is C12H11N3O3. The van der Waals surface area contributed by atoms with Crippen LogP contribution in [0.25, 0.3) is 0 Å². The monoisotopic (exact) mass is 245 g/mol. The number of rotatable bonds is 3. The number of phenols is 1. The highest BCUT2D eigenvalue weighted by molar-refractivity contribution is 5.40. The molecule has 1 aromatic carbocycles. The summed E-state index contributed by atoms with van der Waals surface area (Å²) < 4.78 is 0. The maximum absolute atomic E-state index is 11.1. The molecule has 1 atom stereocenters. The van der Waals surface area contributed by atoms with E-state index in [-0.39, 0.29) is 12.2 Å². The van der Waals surface area contributed by atoms with E-state index in [9.17, 15) is 10.1 Å². The molecule has 1 aliphatic rings. The van der Waals surface area contributed by atoms with Gasteiger partial charge >= 0.3 is 5.66 Å². The van der Waals surface area contributed by atoms with Gasteiger partial charge in [-0.1, -0.05) is 18.2 Å². The molecule has 1 aliphatic carbocycles. The molecule has 0 aliphatic heterocycles. The van der Waals surface area contributed by atoms with Crippen molar-refractivity contribution < 1.29 is 10.0 Å². The lowest BCUT2D eigenvalue weighted by Crippen LogP contribution is -2.33. The zero-order chi connectivity index (χ0) is 13.0. The second kappa shape index (κ2) is 4.79. The van der Waals surface area contributed by atoms with Crippen molar-refractivity contribution in [3.63, 3.8) is 0 Å². The molecular weight excluding hydrogens is 234 g/mol. The van der Waals surface area contributed by atoms with Crippen LogP contribution >= 0.6 is 0 Å². The van der Waals surface area contributed by atoms with Gasteiger partial charge in [0.15, 0.2) is 0 Å². The molecule has 0 saturated heterocycles. The molecule has 2 rings (SSSR count). The molecule has 0 fully saturated rings. The number of hydrogen-bond donors (Lipinski definition) is 1. The van der Waals surface area contributed by atoms with Crippen molar-refractivity contribution in [1.82, 2.24) is 0 Å². The zero-order valence-corrected chi connectivity index (χ0v) is 9.43. The summed E-state index contributed by atoms with van der Waals surface area (Å²) >= 11 is 0. The van der Waals surface area contributed by atoms with Crippen molar-refractivity contribution in [2.75, 3.05) is 0 Å². The Morgan fingerprint density at radius 1 is 1.28 bits per heavy atom. The van der Waals surface area contributed by atoms with E-state index in [0.717, 1.165) is 0 Å². The number of phenolic OH excluding ortho intramolecular Hbond substituents is 1. The minimum absolute atomic E-state index is 0.110. The Bertz CT molecular complexity index is 534. The molecule has 0 bridgehead atoms. The molecule has 0 heterocycles. The number of aromatic hydroxyl groups is 1. The number of benzene rings is 1. The standard InChI is InChI=1S/C12H11N3O3/c16-11-6-4-10(5-7-11)13-14-12(15(17)18)8-2-1-3-9-12/h1-8,16H,9H2. The van der Waals surface area contributed by atoms with Gasteiger partial charge in [-0.15, -0.1) is 10.2 Å². The Kier molecular flexibility index (Phi) is 3.18. The summed E-state index contributed by atoms with van der Waals surface area (Å²) in [7, 11) is 0. The quantitative estimate of drug-likeness (QED) is 0.504. The first-order valence-corrected chi connectivity index (χ1v) is 5.33. The van der Waals surface area contributed by atoms with Crippen molar-refractivity contribution in [3.05, 3.63) is 58.7 Å².